The molecule has 1 N–H and O–H groups in total. The van der Waals surface area contributed by atoms with Crippen molar-refractivity contribution < 1.29 is 9.90 Å². The van der Waals surface area contributed by atoms with Crippen LogP contribution in [0, 0.1) is 11.3 Å². The molecule has 2 atom stereocenters. The molecule has 0 spiro atoms. The summed E-state index contributed by atoms with van der Waals surface area (Å²) < 4.78 is 0. The third-order valence-electron chi connectivity index (χ3n) is 4.29. The van der Waals surface area contributed by atoms with Crippen molar-refractivity contribution in [2.75, 3.05) is 19.7 Å². The number of rotatable bonds is 3. The second-order valence-electron chi connectivity index (χ2n) is 5.34. The van der Waals surface area contributed by atoms with Gasteiger partial charge in [-0.15, -0.1) is 0 Å². The zero-order valence-corrected chi connectivity index (χ0v) is 9.54. The van der Waals surface area contributed by atoms with E-state index in [1.165, 1.54) is 0 Å². The average Bonchev–Trinajstić information content (AvgIpc) is 2.76. The van der Waals surface area contributed by atoms with Gasteiger partial charge in [-0.3, -0.25) is 4.79 Å². The molecule has 0 aromatic carbocycles. The van der Waals surface area contributed by atoms with E-state index >= 15 is 0 Å². The van der Waals surface area contributed by atoms with E-state index in [1.54, 1.807) is 0 Å². The normalized spacial score (nSPS) is 35.3. The van der Waals surface area contributed by atoms with Crippen LogP contribution in [0.25, 0.3) is 0 Å². The molecule has 0 unspecified atom stereocenters. The Hall–Kier alpha value is -0.570. The van der Waals surface area contributed by atoms with Crippen LogP contribution >= 0.6 is 0 Å². The third-order valence-corrected chi connectivity index (χ3v) is 4.29. The number of aliphatic hydroxyl groups is 1. The summed E-state index contributed by atoms with van der Waals surface area (Å²) in [5, 5.41) is 9.27. The summed E-state index contributed by atoms with van der Waals surface area (Å²) in [5.74, 6) is 0.715. The molecule has 86 valence electrons. The summed E-state index contributed by atoms with van der Waals surface area (Å²) >= 11 is 0. The molecule has 15 heavy (non-hydrogen) atoms. The fourth-order valence-electron chi connectivity index (χ4n) is 2.70. The van der Waals surface area contributed by atoms with E-state index in [4.69, 9.17) is 0 Å². The van der Waals surface area contributed by atoms with E-state index in [2.05, 4.69) is 6.92 Å². The largest absolute Gasteiger partial charge is 0.396 e. The standard InChI is InChI=1S/C12H21NO2/c1-12(9-14)5-4-10(12)8-11(15)13-6-2-3-7-13/h10,14H,2-9H2,1H3/t10-,12+/m0/s1. The smallest absolute Gasteiger partial charge is 0.222 e. The van der Waals surface area contributed by atoms with Gasteiger partial charge in [-0.25, -0.2) is 0 Å². The molecule has 2 aliphatic rings. The van der Waals surface area contributed by atoms with Crippen molar-refractivity contribution in [3.8, 4) is 0 Å². The first kappa shape index (κ1) is 10.9. The monoisotopic (exact) mass is 211 g/mol. The lowest BCUT2D eigenvalue weighted by atomic mass is 9.60. The molecule has 0 bridgehead atoms. The minimum Gasteiger partial charge on any atom is -0.396 e. The zero-order chi connectivity index (χ0) is 10.9. The molecule has 1 saturated carbocycles. The first-order chi connectivity index (χ1) is 7.15. The Labute approximate surface area is 91.5 Å². The highest BCUT2D eigenvalue weighted by atomic mass is 16.3. The molecule has 1 heterocycles. The van der Waals surface area contributed by atoms with Crippen LogP contribution in [0.5, 0.6) is 0 Å². The molecule has 0 aromatic rings. The van der Waals surface area contributed by atoms with Crippen molar-refractivity contribution in [1.82, 2.24) is 4.90 Å². The maximum absolute atomic E-state index is 11.9. The van der Waals surface area contributed by atoms with Crippen LogP contribution in [-0.2, 0) is 4.79 Å². The summed E-state index contributed by atoms with van der Waals surface area (Å²) in [4.78, 5) is 13.9. The Morgan fingerprint density at radius 1 is 1.47 bits per heavy atom. The number of carbonyl (C=O) groups excluding carboxylic acids is 1. The molecular formula is C12H21NO2. The molecular weight excluding hydrogens is 190 g/mol. The molecule has 2 rings (SSSR count). The number of nitrogens with zero attached hydrogens (tertiary/aromatic N) is 1. The second-order valence-corrected chi connectivity index (χ2v) is 5.34. The number of carbonyl (C=O) groups is 1. The summed E-state index contributed by atoms with van der Waals surface area (Å²) in [5.41, 5.74) is 0.0232. The maximum Gasteiger partial charge on any atom is 0.222 e. The number of aliphatic hydroxyl groups excluding tert-OH is 1. The molecule has 1 aliphatic carbocycles. The van der Waals surface area contributed by atoms with E-state index in [-0.39, 0.29) is 12.0 Å². The molecule has 0 aromatic heterocycles. The summed E-state index contributed by atoms with van der Waals surface area (Å²) in [6.45, 7) is 4.21. The molecule has 3 heteroatoms. The Balaban J connectivity index is 1.84. The lowest BCUT2D eigenvalue weighted by Crippen LogP contribution is -2.43. The van der Waals surface area contributed by atoms with Crippen LogP contribution in [0.3, 0.4) is 0 Å². The minimum atomic E-state index is 0.0232. The molecule has 0 radical (unpaired) electrons. The molecule has 1 saturated heterocycles. The van der Waals surface area contributed by atoms with E-state index in [1.807, 2.05) is 4.90 Å². The fraction of sp³-hybridized carbons (Fsp3) is 0.917. The predicted molar refractivity (Wildman–Crippen MR) is 58.3 cm³/mol. The topological polar surface area (TPSA) is 40.5 Å². The molecule has 1 amide bonds. The number of likely N-dealkylation sites (tertiary alicyclic amines) is 1. The predicted octanol–water partition coefficient (Wildman–Crippen LogP) is 1.41. The Morgan fingerprint density at radius 2 is 2.13 bits per heavy atom. The van der Waals surface area contributed by atoms with Crippen molar-refractivity contribution in [1.29, 1.82) is 0 Å². The second kappa shape index (κ2) is 4.12. The van der Waals surface area contributed by atoms with E-state index in [0.29, 0.717) is 18.2 Å². The molecule has 2 fully saturated rings. The van der Waals surface area contributed by atoms with Crippen molar-refractivity contribution in [3.05, 3.63) is 0 Å². The first-order valence-electron chi connectivity index (χ1n) is 6.04. The summed E-state index contributed by atoms with van der Waals surface area (Å²) in [7, 11) is 0. The number of amides is 1. The van der Waals surface area contributed by atoms with Gasteiger partial charge in [-0.05, 0) is 37.0 Å². The SMILES string of the molecule is C[C@]1(CO)CC[C@H]1CC(=O)N1CCCC1. The fourth-order valence-corrected chi connectivity index (χ4v) is 2.70. The van der Waals surface area contributed by atoms with Crippen LogP contribution in [0.2, 0.25) is 0 Å². The van der Waals surface area contributed by atoms with Gasteiger partial charge in [0.25, 0.3) is 0 Å². The van der Waals surface area contributed by atoms with Gasteiger partial charge in [0.1, 0.15) is 0 Å². The van der Waals surface area contributed by atoms with Crippen molar-refractivity contribution in [2.24, 2.45) is 11.3 Å². The van der Waals surface area contributed by atoms with Crippen LogP contribution < -0.4 is 0 Å². The summed E-state index contributed by atoms with van der Waals surface area (Å²) in [6, 6.07) is 0. The van der Waals surface area contributed by atoms with E-state index < -0.39 is 0 Å². The van der Waals surface area contributed by atoms with Gasteiger partial charge in [0.2, 0.25) is 5.91 Å². The Bertz CT molecular complexity index is 244. The van der Waals surface area contributed by atoms with Gasteiger partial charge in [0, 0.05) is 26.1 Å². The molecule has 3 nitrogen and oxygen atoms in total. The van der Waals surface area contributed by atoms with Gasteiger partial charge in [0.05, 0.1) is 0 Å². The third kappa shape index (κ3) is 2.03. The van der Waals surface area contributed by atoms with Crippen molar-refractivity contribution in [3.63, 3.8) is 0 Å². The van der Waals surface area contributed by atoms with Crippen molar-refractivity contribution in [2.45, 2.75) is 39.0 Å². The van der Waals surface area contributed by atoms with E-state index in [9.17, 15) is 9.90 Å². The zero-order valence-electron chi connectivity index (χ0n) is 9.54. The Morgan fingerprint density at radius 3 is 2.60 bits per heavy atom. The highest BCUT2D eigenvalue weighted by Crippen LogP contribution is 2.48. The van der Waals surface area contributed by atoms with Crippen LogP contribution in [0.4, 0.5) is 0 Å². The Kier molecular flexibility index (Phi) is 3.01. The lowest BCUT2D eigenvalue weighted by Gasteiger charge is -2.46. The maximum atomic E-state index is 11.9. The number of hydrogen-bond donors (Lipinski definition) is 1. The average molecular weight is 211 g/mol. The van der Waals surface area contributed by atoms with Crippen LogP contribution in [-0.4, -0.2) is 35.6 Å². The highest BCUT2D eigenvalue weighted by molar-refractivity contribution is 5.76. The minimum absolute atomic E-state index is 0.0232. The molecule has 1 aliphatic heterocycles. The highest BCUT2D eigenvalue weighted by Gasteiger charge is 2.43. The number of hydrogen-bond acceptors (Lipinski definition) is 2. The van der Waals surface area contributed by atoms with Gasteiger partial charge >= 0.3 is 0 Å². The van der Waals surface area contributed by atoms with E-state index in [0.717, 1.165) is 38.8 Å². The van der Waals surface area contributed by atoms with Crippen molar-refractivity contribution >= 4 is 5.91 Å². The van der Waals surface area contributed by atoms with Gasteiger partial charge < -0.3 is 10.0 Å². The quantitative estimate of drug-likeness (QED) is 0.766. The van der Waals surface area contributed by atoms with Gasteiger partial charge in [-0.2, -0.15) is 0 Å². The first-order valence-corrected chi connectivity index (χ1v) is 6.04. The lowest BCUT2D eigenvalue weighted by molar-refractivity contribution is -0.135. The van der Waals surface area contributed by atoms with Crippen LogP contribution in [0.1, 0.15) is 39.0 Å². The van der Waals surface area contributed by atoms with Gasteiger partial charge in [-0.1, -0.05) is 6.92 Å². The van der Waals surface area contributed by atoms with Crippen LogP contribution in [0.15, 0.2) is 0 Å². The summed E-state index contributed by atoms with van der Waals surface area (Å²) in [6.07, 6.45) is 5.15. The van der Waals surface area contributed by atoms with Gasteiger partial charge in [0.15, 0.2) is 0 Å².